The molecule has 0 amide bonds. The molecule has 1 unspecified atom stereocenters. The van der Waals surface area contributed by atoms with Gasteiger partial charge in [-0.25, -0.2) is 0 Å². The Morgan fingerprint density at radius 1 is 1.70 bits per heavy atom. The SMILES string of the molecule is COC(C)/C(C)=C/CCO. The fourth-order valence-corrected chi connectivity index (χ4v) is 0.644. The number of hydrogen-bond acceptors (Lipinski definition) is 2. The van der Waals surface area contributed by atoms with Gasteiger partial charge in [-0.05, 0) is 25.8 Å². The summed E-state index contributed by atoms with van der Waals surface area (Å²) in [5.74, 6) is 0. The van der Waals surface area contributed by atoms with E-state index in [9.17, 15) is 0 Å². The van der Waals surface area contributed by atoms with Crippen LogP contribution in [-0.4, -0.2) is 24.9 Å². The van der Waals surface area contributed by atoms with E-state index in [-0.39, 0.29) is 12.7 Å². The lowest BCUT2D eigenvalue weighted by molar-refractivity contribution is 0.146. The average molecular weight is 144 g/mol. The van der Waals surface area contributed by atoms with Gasteiger partial charge in [-0.2, -0.15) is 0 Å². The van der Waals surface area contributed by atoms with E-state index in [0.717, 1.165) is 6.42 Å². The molecule has 60 valence electrons. The second kappa shape index (κ2) is 5.45. The third-order valence-electron chi connectivity index (χ3n) is 1.59. The number of methoxy groups -OCH3 is 1. The maximum absolute atomic E-state index is 8.48. The van der Waals surface area contributed by atoms with Crippen molar-refractivity contribution in [3.05, 3.63) is 11.6 Å². The molecule has 0 rings (SSSR count). The molecule has 0 radical (unpaired) electrons. The van der Waals surface area contributed by atoms with Crippen molar-refractivity contribution >= 4 is 0 Å². The van der Waals surface area contributed by atoms with E-state index in [4.69, 9.17) is 9.84 Å². The van der Waals surface area contributed by atoms with Crippen molar-refractivity contribution in [3.8, 4) is 0 Å². The first kappa shape index (κ1) is 9.66. The van der Waals surface area contributed by atoms with Crippen LogP contribution in [0.4, 0.5) is 0 Å². The summed E-state index contributed by atoms with van der Waals surface area (Å²) in [7, 11) is 1.68. The molecule has 10 heavy (non-hydrogen) atoms. The highest BCUT2D eigenvalue weighted by molar-refractivity contribution is 5.03. The molecule has 0 heterocycles. The maximum Gasteiger partial charge on any atom is 0.0750 e. The Bertz CT molecular complexity index is 108. The van der Waals surface area contributed by atoms with Gasteiger partial charge in [0.05, 0.1) is 6.10 Å². The van der Waals surface area contributed by atoms with Gasteiger partial charge in [-0.1, -0.05) is 6.08 Å². The smallest absolute Gasteiger partial charge is 0.0750 e. The van der Waals surface area contributed by atoms with E-state index < -0.39 is 0 Å². The first-order valence-electron chi connectivity index (χ1n) is 3.52. The highest BCUT2D eigenvalue weighted by Gasteiger charge is 1.99. The van der Waals surface area contributed by atoms with Gasteiger partial charge in [-0.15, -0.1) is 0 Å². The van der Waals surface area contributed by atoms with Gasteiger partial charge in [0.2, 0.25) is 0 Å². The van der Waals surface area contributed by atoms with Crippen molar-refractivity contribution in [2.24, 2.45) is 0 Å². The summed E-state index contributed by atoms with van der Waals surface area (Å²) in [5.41, 5.74) is 1.18. The Morgan fingerprint density at radius 2 is 2.30 bits per heavy atom. The number of rotatable bonds is 4. The second-order valence-electron chi connectivity index (χ2n) is 2.34. The first-order valence-corrected chi connectivity index (χ1v) is 3.52. The Kier molecular flexibility index (Phi) is 5.26. The fourth-order valence-electron chi connectivity index (χ4n) is 0.644. The molecule has 0 saturated carbocycles. The first-order chi connectivity index (χ1) is 4.72. The van der Waals surface area contributed by atoms with Crippen molar-refractivity contribution in [1.82, 2.24) is 0 Å². The minimum Gasteiger partial charge on any atom is -0.396 e. The molecule has 1 N–H and O–H groups in total. The monoisotopic (exact) mass is 144 g/mol. The van der Waals surface area contributed by atoms with Crippen molar-refractivity contribution in [3.63, 3.8) is 0 Å². The summed E-state index contributed by atoms with van der Waals surface area (Å²) in [6, 6.07) is 0. The molecule has 1 atom stereocenters. The van der Waals surface area contributed by atoms with Gasteiger partial charge in [-0.3, -0.25) is 0 Å². The molecular formula is C8H16O2. The largest absolute Gasteiger partial charge is 0.396 e. The lowest BCUT2D eigenvalue weighted by atomic mass is 10.1. The zero-order chi connectivity index (χ0) is 7.98. The molecule has 0 saturated heterocycles. The summed E-state index contributed by atoms with van der Waals surface area (Å²) < 4.78 is 5.06. The van der Waals surface area contributed by atoms with Crippen LogP contribution in [0.2, 0.25) is 0 Å². The minimum absolute atomic E-state index is 0.173. The van der Waals surface area contributed by atoms with Crippen LogP contribution in [-0.2, 0) is 4.74 Å². The van der Waals surface area contributed by atoms with Gasteiger partial charge < -0.3 is 9.84 Å². The molecule has 0 fully saturated rings. The summed E-state index contributed by atoms with van der Waals surface area (Å²) >= 11 is 0. The van der Waals surface area contributed by atoms with Crippen molar-refractivity contribution in [2.75, 3.05) is 13.7 Å². The predicted molar refractivity (Wildman–Crippen MR) is 41.9 cm³/mol. The van der Waals surface area contributed by atoms with Crippen LogP contribution in [0.25, 0.3) is 0 Å². The van der Waals surface area contributed by atoms with E-state index in [1.54, 1.807) is 7.11 Å². The summed E-state index contributed by atoms with van der Waals surface area (Å²) in [5, 5.41) is 8.48. The number of aliphatic hydroxyl groups excluding tert-OH is 1. The molecule has 0 aliphatic carbocycles. The van der Waals surface area contributed by atoms with Gasteiger partial charge in [0, 0.05) is 13.7 Å². The van der Waals surface area contributed by atoms with E-state index in [1.165, 1.54) is 5.57 Å². The topological polar surface area (TPSA) is 29.5 Å². The van der Waals surface area contributed by atoms with E-state index in [0.29, 0.717) is 0 Å². The molecule has 0 aliphatic heterocycles. The molecule has 2 nitrogen and oxygen atoms in total. The van der Waals surface area contributed by atoms with Crippen molar-refractivity contribution in [2.45, 2.75) is 26.4 Å². The van der Waals surface area contributed by atoms with E-state index in [1.807, 2.05) is 19.9 Å². The maximum atomic E-state index is 8.48. The van der Waals surface area contributed by atoms with Crippen molar-refractivity contribution in [1.29, 1.82) is 0 Å². The van der Waals surface area contributed by atoms with E-state index in [2.05, 4.69) is 0 Å². The fraction of sp³-hybridized carbons (Fsp3) is 0.750. The Labute approximate surface area is 62.5 Å². The average Bonchev–Trinajstić information content (AvgIpc) is 1.98. The number of hydrogen-bond donors (Lipinski definition) is 1. The molecule has 0 aromatic rings. The number of aliphatic hydroxyl groups is 1. The molecule has 0 aromatic carbocycles. The molecular weight excluding hydrogens is 128 g/mol. The summed E-state index contributed by atoms with van der Waals surface area (Å²) in [4.78, 5) is 0. The minimum atomic E-state index is 0.173. The molecule has 0 bridgehead atoms. The predicted octanol–water partition coefficient (Wildman–Crippen LogP) is 1.35. The lowest BCUT2D eigenvalue weighted by Crippen LogP contribution is -2.05. The highest BCUT2D eigenvalue weighted by Crippen LogP contribution is 2.04. The van der Waals surface area contributed by atoms with Gasteiger partial charge >= 0.3 is 0 Å². The van der Waals surface area contributed by atoms with Crippen LogP contribution in [0.5, 0.6) is 0 Å². The standard InChI is InChI=1S/C8H16O2/c1-7(5-4-6-9)8(2)10-3/h5,8-9H,4,6H2,1-3H3/b7-5+. The Balaban J connectivity index is 3.67. The zero-order valence-corrected chi connectivity index (χ0v) is 6.92. The summed E-state index contributed by atoms with van der Waals surface area (Å²) in [6.07, 6.45) is 2.89. The normalized spacial score (nSPS) is 15.4. The molecule has 0 aliphatic rings. The number of ether oxygens (including phenoxy) is 1. The quantitative estimate of drug-likeness (QED) is 0.603. The second-order valence-corrected chi connectivity index (χ2v) is 2.34. The van der Waals surface area contributed by atoms with Crippen LogP contribution in [0.1, 0.15) is 20.3 Å². The van der Waals surface area contributed by atoms with Crippen LogP contribution < -0.4 is 0 Å². The summed E-state index contributed by atoms with van der Waals surface area (Å²) in [6.45, 7) is 4.21. The van der Waals surface area contributed by atoms with Gasteiger partial charge in [0.25, 0.3) is 0 Å². The van der Waals surface area contributed by atoms with Gasteiger partial charge in [0.15, 0.2) is 0 Å². The van der Waals surface area contributed by atoms with Crippen LogP contribution in [0, 0.1) is 0 Å². The third kappa shape index (κ3) is 3.64. The Hall–Kier alpha value is -0.340. The van der Waals surface area contributed by atoms with Crippen molar-refractivity contribution < 1.29 is 9.84 Å². The van der Waals surface area contributed by atoms with E-state index >= 15 is 0 Å². The van der Waals surface area contributed by atoms with Crippen LogP contribution in [0.15, 0.2) is 11.6 Å². The van der Waals surface area contributed by atoms with Crippen LogP contribution >= 0.6 is 0 Å². The third-order valence-corrected chi connectivity index (χ3v) is 1.59. The molecule has 0 spiro atoms. The molecule has 0 aromatic heterocycles. The highest BCUT2D eigenvalue weighted by atomic mass is 16.5. The Morgan fingerprint density at radius 3 is 2.70 bits per heavy atom. The zero-order valence-electron chi connectivity index (χ0n) is 6.92. The van der Waals surface area contributed by atoms with Gasteiger partial charge in [0.1, 0.15) is 0 Å². The molecule has 2 heteroatoms. The lowest BCUT2D eigenvalue weighted by Gasteiger charge is -2.08. The van der Waals surface area contributed by atoms with Crippen LogP contribution in [0.3, 0.4) is 0 Å².